The SMILES string of the molecule is CC(O)CCC1CCc2cc(O)ccc2C1. The van der Waals surface area contributed by atoms with Gasteiger partial charge in [-0.25, -0.2) is 0 Å². The van der Waals surface area contributed by atoms with E-state index in [1.165, 1.54) is 17.5 Å². The van der Waals surface area contributed by atoms with Crippen LogP contribution in [0.15, 0.2) is 18.2 Å². The summed E-state index contributed by atoms with van der Waals surface area (Å²) in [6.07, 6.45) is 5.18. The molecule has 0 bridgehead atoms. The maximum Gasteiger partial charge on any atom is 0.115 e. The third kappa shape index (κ3) is 2.76. The van der Waals surface area contributed by atoms with Crippen LogP contribution in [0.2, 0.25) is 0 Å². The molecule has 1 aromatic carbocycles. The predicted octanol–water partition coefficient (Wildman–Crippen LogP) is 2.66. The third-order valence-corrected chi connectivity index (χ3v) is 3.51. The summed E-state index contributed by atoms with van der Waals surface area (Å²) in [6.45, 7) is 1.86. The molecule has 0 aliphatic heterocycles. The third-order valence-electron chi connectivity index (χ3n) is 3.51. The van der Waals surface area contributed by atoms with E-state index in [0.717, 1.165) is 25.7 Å². The van der Waals surface area contributed by atoms with Crippen LogP contribution in [-0.2, 0) is 12.8 Å². The average Bonchev–Trinajstić information content (AvgIpc) is 2.26. The van der Waals surface area contributed by atoms with Gasteiger partial charge in [-0.15, -0.1) is 0 Å². The second-order valence-electron chi connectivity index (χ2n) is 4.99. The van der Waals surface area contributed by atoms with Crippen LogP contribution in [0, 0.1) is 5.92 Å². The minimum absolute atomic E-state index is 0.179. The first-order valence-electron chi connectivity index (χ1n) is 6.14. The van der Waals surface area contributed by atoms with Crippen molar-refractivity contribution in [2.24, 2.45) is 5.92 Å². The molecule has 2 rings (SSSR count). The Balaban J connectivity index is 1.98. The molecule has 0 radical (unpaired) electrons. The normalized spacial score (nSPS) is 21.5. The molecule has 0 saturated heterocycles. The van der Waals surface area contributed by atoms with Crippen molar-refractivity contribution < 1.29 is 10.2 Å². The minimum Gasteiger partial charge on any atom is -0.508 e. The molecular formula is C14H20O2. The highest BCUT2D eigenvalue weighted by Gasteiger charge is 2.19. The molecule has 0 fully saturated rings. The van der Waals surface area contributed by atoms with Gasteiger partial charge < -0.3 is 10.2 Å². The molecular weight excluding hydrogens is 200 g/mol. The standard InChI is InChI=1S/C14H20O2/c1-10(15)2-3-11-4-5-13-9-14(16)7-6-12(13)8-11/h6-7,9-11,15-16H,2-5,8H2,1H3. The molecule has 1 aliphatic carbocycles. The van der Waals surface area contributed by atoms with Gasteiger partial charge in [-0.3, -0.25) is 0 Å². The van der Waals surface area contributed by atoms with Crippen LogP contribution in [-0.4, -0.2) is 16.3 Å². The summed E-state index contributed by atoms with van der Waals surface area (Å²) < 4.78 is 0. The maximum atomic E-state index is 9.40. The van der Waals surface area contributed by atoms with E-state index in [2.05, 4.69) is 0 Å². The molecule has 0 amide bonds. The lowest BCUT2D eigenvalue weighted by Crippen LogP contribution is -2.15. The number of benzene rings is 1. The van der Waals surface area contributed by atoms with Crippen molar-refractivity contribution in [3.05, 3.63) is 29.3 Å². The van der Waals surface area contributed by atoms with Crippen LogP contribution in [0.1, 0.15) is 37.3 Å². The van der Waals surface area contributed by atoms with Crippen LogP contribution in [0.5, 0.6) is 5.75 Å². The molecule has 1 aliphatic rings. The Bertz CT molecular complexity index is 358. The van der Waals surface area contributed by atoms with Crippen molar-refractivity contribution in [2.45, 2.75) is 45.1 Å². The van der Waals surface area contributed by atoms with Gasteiger partial charge in [0.1, 0.15) is 5.75 Å². The summed E-state index contributed by atoms with van der Waals surface area (Å²) in [5, 5.41) is 18.7. The van der Waals surface area contributed by atoms with Crippen molar-refractivity contribution in [3.63, 3.8) is 0 Å². The van der Waals surface area contributed by atoms with E-state index in [9.17, 15) is 10.2 Å². The number of phenolic OH excluding ortho intramolecular Hbond substituents is 1. The highest BCUT2D eigenvalue weighted by Crippen LogP contribution is 2.30. The van der Waals surface area contributed by atoms with Crippen LogP contribution >= 0.6 is 0 Å². The molecule has 2 unspecified atom stereocenters. The number of fused-ring (bicyclic) bond motifs is 1. The Morgan fingerprint density at radius 3 is 2.94 bits per heavy atom. The van der Waals surface area contributed by atoms with Gasteiger partial charge >= 0.3 is 0 Å². The maximum absolute atomic E-state index is 9.40. The van der Waals surface area contributed by atoms with E-state index in [-0.39, 0.29) is 6.10 Å². The Morgan fingerprint density at radius 1 is 1.38 bits per heavy atom. The number of aliphatic hydroxyl groups excluding tert-OH is 1. The van der Waals surface area contributed by atoms with Crippen molar-refractivity contribution in [1.82, 2.24) is 0 Å². The van der Waals surface area contributed by atoms with Crippen molar-refractivity contribution >= 4 is 0 Å². The molecule has 0 spiro atoms. The fraction of sp³-hybridized carbons (Fsp3) is 0.571. The van der Waals surface area contributed by atoms with Gasteiger partial charge in [0, 0.05) is 0 Å². The molecule has 2 heteroatoms. The zero-order valence-corrected chi connectivity index (χ0v) is 9.82. The summed E-state index contributed by atoms with van der Waals surface area (Å²) in [5.74, 6) is 1.08. The molecule has 2 N–H and O–H groups in total. The van der Waals surface area contributed by atoms with E-state index in [4.69, 9.17) is 0 Å². The Hall–Kier alpha value is -1.02. The molecule has 16 heavy (non-hydrogen) atoms. The second kappa shape index (κ2) is 4.88. The lowest BCUT2D eigenvalue weighted by molar-refractivity contribution is 0.171. The Morgan fingerprint density at radius 2 is 2.19 bits per heavy atom. The average molecular weight is 220 g/mol. The summed E-state index contributed by atoms with van der Waals surface area (Å²) in [5.41, 5.74) is 2.67. The molecule has 2 atom stereocenters. The molecule has 88 valence electrons. The van der Waals surface area contributed by atoms with Gasteiger partial charge in [-0.2, -0.15) is 0 Å². The fourth-order valence-electron chi connectivity index (χ4n) is 2.54. The summed E-state index contributed by atoms with van der Waals surface area (Å²) in [6, 6.07) is 5.70. The number of aromatic hydroxyl groups is 1. The largest absolute Gasteiger partial charge is 0.508 e. The number of aryl methyl sites for hydroxylation is 1. The van der Waals surface area contributed by atoms with E-state index >= 15 is 0 Å². The van der Waals surface area contributed by atoms with Crippen LogP contribution in [0.25, 0.3) is 0 Å². The lowest BCUT2D eigenvalue weighted by Gasteiger charge is -2.25. The van der Waals surface area contributed by atoms with E-state index in [1.807, 2.05) is 19.1 Å². The van der Waals surface area contributed by atoms with Crippen LogP contribution in [0.4, 0.5) is 0 Å². The smallest absolute Gasteiger partial charge is 0.115 e. The molecule has 0 aromatic heterocycles. The van der Waals surface area contributed by atoms with Crippen LogP contribution in [0.3, 0.4) is 0 Å². The first-order chi connectivity index (χ1) is 7.65. The number of phenols is 1. The van der Waals surface area contributed by atoms with Gasteiger partial charge in [0.25, 0.3) is 0 Å². The van der Waals surface area contributed by atoms with E-state index < -0.39 is 0 Å². The first kappa shape index (κ1) is 11.5. The fourth-order valence-corrected chi connectivity index (χ4v) is 2.54. The zero-order valence-electron chi connectivity index (χ0n) is 9.82. The number of aliphatic hydroxyl groups is 1. The Labute approximate surface area is 96.9 Å². The molecule has 2 nitrogen and oxygen atoms in total. The first-order valence-corrected chi connectivity index (χ1v) is 6.14. The number of hydrogen-bond donors (Lipinski definition) is 2. The van der Waals surface area contributed by atoms with Crippen molar-refractivity contribution in [1.29, 1.82) is 0 Å². The number of rotatable bonds is 3. The van der Waals surface area contributed by atoms with E-state index in [0.29, 0.717) is 11.7 Å². The van der Waals surface area contributed by atoms with Gasteiger partial charge in [0.2, 0.25) is 0 Å². The van der Waals surface area contributed by atoms with E-state index in [1.54, 1.807) is 6.07 Å². The quantitative estimate of drug-likeness (QED) is 0.822. The minimum atomic E-state index is -0.179. The van der Waals surface area contributed by atoms with Gasteiger partial charge in [0.15, 0.2) is 0 Å². The monoisotopic (exact) mass is 220 g/mol. The second-order valence-corrected chi connectivity index (χ2v) is 4.99. The Kier molecular flexibility index (Phi) is 3.49. The lowest BCUT2D eigenvalue weighted by atomic mass is 9.81. The number of hydrogen-bond acceptors (Lipinski definition) is 2. The summed E-state index contributed by atoms with van der Waals surface area (Å²) in [7, 11) is 0. The van der Waals surface area contributed by atoms with Crippen molar-refractivity contribution in [2.75, 3.05) is 0 Å². The summed E-state index contributed by atoms with van der Waals surface area (Å²) >= 11 is 0. The molecule has 0 saturated carbocycles. The van der Waals surface area contributed by atoms with Crippen LogP contribution < -0.4 is 0 Å². The topological polar surface area (TPSA) is 40.5 Å². The van der Waals surface area contributed by atoms with Gasteiger partial charge in [0.05, 0.1) is 6.10 Å². The molecule has 1 aromatic rings. The molecule has 0 heterocycles. The zero-order chi connectivity index (χ0) is 11.5. The van der Waals surface area contributed by atoms with Gasteiger partial charge in [-0.05, 0) is 68.2 Å². The van der Waals surface area contributed by atoms with Gasteiger partial charge in [-0.1, -0.05) is 6.07 Å². The predicted molar refractivity (Wildman–Crippen MR) is 64.5 cm³/mol. The summed E-state index contributed by atoms with van der Waals surface area (Å²) in [4.78, 5) is 0. The highest BCUT2D eigenvalue weighted by molar-refractivity contribution is 5.36. The van der Waals surface area contributed by atoms with Crippen molar-refractivity contribution in [3.8, 4) is 5.75 Å². The highest BCUT2D eigenvalue weighted by atomic mass is 16.3.